The Bertz CT molecular complexity index is 1260. The molecule has 0 saturated heterocycles. The molecule has 2 aromatic heterocycles. The van der Waals surface area contributed by atoms with Crippen molar-refractivity contribution in [1.82, 2.24) is 9.88 Å². The first-order valence-corrected chi connectivity index (χ1v) is 10.7. The number of fused-ring (bicyclic) bond motifs is 1. The van der Waals surface area contributed by atoms with Gasteiger partial charge in [-0.2, -0.15) is 0 Å². The van der Waals surface area contributed by atoms with Crippen LogP contribution >= 0.6 is 15.9 Å². The summed E-state index contributed by atoms with van der Waals surface area (Å²) in [5, 5.41) is 0.784. The van der Waals surface area contributed by atoms with Crippen molar-refractivity contribution in [2.75, 3.05) is 28.4 Å². The summed E-state index contributed by atoms with van der Waals surface area (Å²) in [4.78, 5) is 17.8. The Hall–Kier alpha value is -3.39. The summed E-state index contributed by atoms with van der Waals surface area (Å²) in [5.41, 5.74) is 2.06. The highest BCUT2D eigenvalue weighted by molar-refractivity contribution is 9.10. The molecule has 0 unspecified atom stereocenters. The largest absolute Gasteiger partial charge is 0.493 e. The van der Waals surface area contributed by atoms with Crippen LogP contribution in [0.1, 0.15) is 16.2 Å². The SMILES string of the molecule is COc1cc2cc(C(=O)N(C)Cc3ccc(-c4ccc(Br)cc4)o3)[nH]c2c(OC)c1OC. The van der Waals surface area contributed by atoms with Gasteiger partial charge in [-0.3, -0.25) is 4.79 Å². The van der Waals surface area contributed by atoms with E-state index in [1.807, 2.05) is 36.4 Å². The van der Waals surface area contributed by atoms with Gasteiger partial charge < -0.3 is 28.5 Å². The van der Waals surface area contributed by atoms with Crippen molar-refractivity contribution in [2.24, 2.45) is 0 Å². The molecule has 4 aromatic rings. The molecule has 0 saturated carbocycles. The average Bonchev–Trinajstić information content (AvgIpc) is 3.44. The van der Waals surface area contributed by atoms with Gasteiger partial charge in [-0.15, -0.1) is 0 Å². The van der Waals surface area contributed by atoms with Gasteiger partial charge in [-0.05, 0) is 36.4 Å². The Balaban J connectivity index is 1.57. The van der Waals surface area contributed by atoms with E-state index in [9.17, 15) is 4.79 Å². The standard InChI is InChI=1S/C24H23BrN2O5/c1-27(13-17-9-10-19(32-17)14-5-7-16(25)8-6-14)24(28)18-11-15-12-20(29-2)22(30-3)23(31-4)21(15)26-18/h5-12,26H,13H2,1-4H3. The van der Waals surface area contributed by atoms with Crippen LogP contribution in [0.25, 0.3) is 22.2 Å². The second kappa shape index (κ2) is 9.00. The number of furan rings is 1. The molecule has 8 heteroatoms. The predicted octanol–water partition coefficient (Wildman–Crippen LogP) is 5.49. The second-order valence-electron chi connectivity index (χ2n) is 7.23. The lowest BCUT2D eigenvalue weighted by Gasteiger charge is -2.14. The number of hydrogen-bond acceptors (Lipinski definition) is 5. The molecule has 1 N–H and O–H groups in total. The molecule has 2 aromatic carbocycles. The molecule has 0 atom stereocenters. The van der Waals surface area contributed by atoms with Crippen LogP contribution in [0, 0.1) is 0 Å². The summed E-state index contributed by atoms with van der Waals surface area (Å²) in [7, 11) is 6.38. The third-order valence-corrected chi connectivity index (χ3v) is 5.71. The summed E-state index contributed by atoms with van der Waals surface area (Å²) in [6.45, 7) is 0.328. The molecule has 0 radical (unpaired) electrons. The number of benzene rings is 2. The first-order chi connectivity index (χ1) is 15.4. The minimum Gasteiger partial charge on any atom is -0.493 e. The van der Waals surface area contributed by atoms with Crippen LogP contribution in [0.2, 0.25) is 0 Å². The number of hydrogen-bond donors (Lipinski definition) is 1. The Morgan fingerprint density at radius 2 is 1.72 bits per heavy atom. The monoisotopic (exact) mass is 498 g/mol. The predicted molar refractivity (Wildman–Crippen MR) is 126 cm³/mol. The fraction of sp³-hybridized carbons (Fsp3) is 0.208. The lowest BCUT2D eigenvalue weighted by molar-refractivity contribution is 0.0771. The molecular formula is C24H23BrN2O5. The smallest absolute Gasteiger partial charge is 0.270 e. The van der Waals surface area contributed by atoms with Crippen molar-refractivity contribution >= 4 is 32.7 Å². The number of methoxy groups -OCH3 is 3. The van der Waals surface area contributed by atoms with Gasteiger partial charge in [0.1, 0.15) is 17.2 Å². The van der Waals surface area contributed by atoms with Crippen LogP contribution in [0.15, 0.2) is 57.4 Å². The van der Waals surface area contributed by atoms with Gasteiger partial charge in [0, 0.05) is 22.5 Å². The third-order valence-electron chi connectivity index (χ3n) is 5.18. The van der Waals surface area contributed by atoms with Crippen LogP contribution in [-0.2, 0) is 6.54 Å². The number of rotatable bonds is 7. The summed E-state index contributed by atoms with van der Waals surface area (Å²) in [6, 6.07) is 15.2. The van der Waals surface area contributed by atoms with Gasteiger partial charge in [0.2, 0.25) is 5.75 Å². The topological polar surface area (TPSA) is 76.9 Å². The zero-order valence-electron chi connectivity index (χ0n) is 18.2. The summed E-state index contributed by atoms with van der Waals surface area (Å²) in [6.07, 6.45) is 0. The molecule has 0 aliphatic carbocycles. The molecule has 0 bridgehead atoms. The van der Waals surface area contributed by atoms with Crippen LogP contribution in [0.5, 0.6) is 17.2 Å². The van der Waals surface area contributed by atoms with Crippen molar-refractivity contribution < 1.29 is 23.4 Å². The van der Waals surface area contributed by atoms with E-state index in [1.165, 1.54) is 0 Å². The molecule has 1 amide bonds. The normalized spacial score (nSPS) is 10.9. The van der Waals surface area contributed by atoms with Gasteiger partial charge in [0.05, 0.1) is 33.4 Å². The Morgan fingerprint density at radius 1 is 1.00 bits per heavy atom. The van der Waals surface area contributed by atoms with Crippen LogP contribution in [0.4, 0.5) is 0 Å². The fourth-order valence-corrected chi connectivity index (χ4v) is 3.87. The van der Waals surface area contributed by atoms with Crippen LogP contribution in [0.3, 0.4) is 0 Å². The molecule has 0 fully saturated rings. The maximum absolute atomic E-state index is 13.1. The minimum absolute atomic E-state index is 0.178. The Labute approximate surface area is 194 Å². The number of amides is 1. The van der Waals surface area contributed by atoms with Crippen molar-refractivity contribution in [3.05, 3.63) is 64.5 Å². The lowest BCUT2D eigenvalue weighted by Crippen LogP contribution is -2.26. The first kappa shape index (κ1) is 21.8. The van der Waals surface area contributed by atoms with Gasteiger partial charge in [-0.1, -0.05) is 28.1 Å². The number of H-pyrrole nitrogens is 1. The maximum Gasteiger partial charge on any atom is 0.270 e. The highest BCUT2D eigenvalue weighted by Crippen LogP contribution is 2.43. The number of halogens is 1. The van der Waals surface area contributed by atoms with Gasteiger partial charge in [-0.25, -0.2) is 0 Å². The molecular weight excluding hydrogens is 476 g/mol. The van der Waals surface area contributed by atoms with Gasteiger partial charge >= 0.3 is 0 Å². The van der Waals surface area contributed by atoms with E-state index < -0.39 is 0 Å². The number of aromatic amines is 1. The average molecular weight is 499 g/mol. The minimum atomic E-state index is -0.178. The molecule has 4 rings (SSSR count). The second-order valence-corrected chi connectivity index (χ2v) is 8.14. The van der Waals surface area contributed by atoms with Gasteiger partial charge in [0.25, 0.3) is 5.91 Å². The van der Waals surface area contributed by atoms with Crippen molar-refractivity contribution in [2.45, 2.75) is 6.54 Å². The Kier molecular flexibility index (Phi) is 6.14. The van der Waals surface area contributed by atoms with Crippen LogP contribution < -0.4 is 14.2 Å². The van der Waals surface area contributed by atoms with E-state index in [1.54, 1.807) is 45.4 Å². The van der Waals surface area contributed by atoms with E-state index in [4.69, 9.17) is 18.6 Å². The molecule has 166 valence electrons. The number of carbonyl (C=O) groups is 1. The number of ether oxygens (including phenoxy) is 3. The molecule has 7 nitrogen and oxygen atoms in total. The number of aromatic nitrogens is 1. The highest BCUT2D eigenvalue weighted by atomic mass is 79.9. The third kappa shape index (κ3) is 4.05. The zero-order chi connectivity index (χ0) is 22.8. The molecule has 0 aliphatic rings. The maximum atomic E-state index is 13.1. The number of nitrogens with one attached hydrogen (secondary N) is 1. The quantitative estimate of drug-likeness (QED) is 0.364. The molecule has 32 heavy (non-hydrogen) atoms. The molecule has 0 spiro atoms. The molecule has 2 heterocycles. The summed E-state index contributed by atoms with van der Waals surface area (Å²) < 4.78 is 23.3. The molecule has 0 aliphatic heterocycles. The van der Waals surface area contributed by atoms with E-state index in [0.29, 0.717) is 40.8 Å². The van der Waals surface area contributed by atoms with Gasteiger partial charge in [0.15, 0.2) is 11.5 Å². The van der Waals surface area contributed by atoms with E-state index in [2.05, 4.69) is 20.9 Å². The first-order valence-electron chi connectivity index (χ1n) is 9.87. The number of carbonyl (C=O) groups excluding carboxylic acids is 1. The van der Waals surface area contributed by atoms with Crippen molar-refractivity contribution in [1.29, 1.82) is 0 Å². The Morgan fingerprint density at radius 3 is 2.38 bits per heavy atom. The van der Waals surface area contributed by atoms with E-state index in [-0.39, 0.29) is 5.91 Å². The van der Waals surface area contributed by atoms with Crippen molar-refractivity contribution in [3.8, 4) is 28.6 Å². The van der Waals surface area contributed by atoms with E-state index in [0.717, 1.165) is 21.2 Å². The fourth-order valence-electron chi connectivity index (χ4n) is 3.60. The number of nitrogens with zero attached hydrogens (tertiary/aromatic N) is 1. The summed E-state index contributed by atoms with van der Waals surface area (Å²) in [5.74, 6) is 2.74. The highest BCUT2D eigenvalue weighted by Gasteiger charge is 2.22. The van der Waals surface area contributed by atoms with Crippen molar-refractivity contribution in [3.63, 3.8) is 0 Å². The lowest BCUT2D eigenvalue weighted by atomic mass is 10.2. The van der Waals surface area contributed by atoms with E-state index >= 15 is 0 Å². The van der Waals surface area contributed by atoms with Crippen LogP contribution in [-0.4, -0.2) is 44.2 Å². The zero-order valence-corrected chi connectivity index (χ0v) is 19.8. The summed E-state index contributed by atoms with van der Waals surface area (Å²) >= 11 is 3.43.